The Morgan fingerprint density at radius 3 is 2.56 bits per heavy atom. The summed E-state index contributed by atoms with van der Waals surface area (Å²) in [7, 11) is 0. The van der Waals surface area contributed by atoms with E-state index in [4.69, 9.17) is 4.74 Å². The quantitative estimate of drug-likeness (QED) is 0.624. The molecule has 0 saturated heterocycles. The molecule has 25 heavy (non-hydrogen) atoms. The fraction of sp³-hybridized carbons (Fsp3) is 0.222. The summed E-state index contributed by atoms with van der Waals surface area (Å²) in [5.41, 5.74) is 2.02. The molecule has 0 heterocycles. The topological polar surface area (TPSA) is 55.4 Å². The van der Waals surface area contributed by atoms with Crippen LogP contribution >= 0.6 is 11.8 Å². The normalized spacial score (nSPS) is 10.4. The van der Waals surface area contributed by atoms with Gasteiger partial charge < -0.3 is 10.1 Å². The molecule has 0 fully saturated rings. The number of hydrogen-bond acceptors (Lipinski definition) is 4. The number of aryl methyl sites for hydroxylation is 2. The van der Waals surface area contributed by atoms with Crippen molar-refractivity contribution in [2.45, 2.75) is 18.7 Å². The second kappa shape index (κ2) is 8.62. The Bertz CT molecular complexity index is 796. The van der Waals surface area contributed by atoms with Crippen molar-refractivity contribution in [2.75, 3.05) is 17.7 Å². The van der Waals surface area contributed by atoms with Crippen molar-refractivity contribution in [2.24, 2.45) is 0 Å². The zero-order valence-corrected chi connectivity index (χ0v) is 14.6. The lowest BCUT2D eigenvalue weighted by atomic mass is 10.2. The second-order valence-electron chi connectivity index (χ2n) is 5.39. The fourth-order valence-electron chi connectivity index (χ4n) is 2.06. The maximum absolute atomic E-state index is 13.4. The summed E-state index contributed by atoms with van der Waals surface area (Å²) in [4.78, 5) is 24.3. The smallest absolute Gasteiger partial charge is 0.316 e. The minimum absolute atomic E-state index is 0.0576. The van der Waals surface area contributed by atoms with Crippen LogP contribution in [-0.4, -0.2) is 24.2 Å². The summed E-state index contributed by atoms with van der Waals surface area (Å²) in [6.07, 6.45) is 0. The Labute approximate surface area is 148 Å². The first-order valence-corrected chi connectivity index (χ1v) is 8.44. The molecule has 132 valence electrons. The third-order valence-electron chi connectivity index (χ3n) is 3.25. The zero-order chi connectivity index (χ0) is 18.4. The maximum atomic E-state index is 13.4. The van der Waals surface area contributed by atoms with Gasteiger partial charge in [-0.15, -0.1) is 11.8 Å². The highest BCUT2D eigenvalue weighted by atomic mass is 32.2. The molecule has 7 heteroatoms. The van der Waals surface area contributed by atoms with Crippen LogP contribution in [0, 0.1) is 25.5 Å². The largest absolute Gasteiger partial charge is 0.455 e. The van der Waals surface area contributed by atoms with Crippen LogP contribution in [0.4, 0.5) is 14.5 Å². The van der Waals surface area contributed by atoms with Crippen molar-refractivity contribution in [1.82, 2.24) is 0 Å². The number of nitrogens with one attached hydrogen (secondary N) is 1. The van der Waals surface area contributed by atoms with E-state index in [1.54, 1.807) is 0 Å². The zero-order valence-electron chi connectivity index (χ0n) is 13.8. The Hall–Kier alpha value is -2.41. The number of ether oxygens (including phenoxy) is 1. The van der Waals surface area contributed by atoms with Crippen molar-refractivity contribution in [3.8, 4) is 0 Å². The lowest BCUT2D eigenvalue weighted by molar-refractivity contribution is -0.144. The molecular weight excluding hydrogens is 348 g/mol. The molecule has 1 amide bonds. The van der Waals surface area contributed by atoms with E-state index < -0.39 is 30.1 Å². The van der Waals surface area contributed by atoms with Crippen LogP contribution in [-0.2, 0) is 14.3 Å². The van der Waals surface area contributed by atoms with E-state index in [0.29, 0.717) is 6.07 Å². The summed E-state index contributed by atoms with van der Waals surface area (Å²) < 4.78 is 31.1. The Morgan fingerprint density at radius 2 is 1.88 bits per heavy atom. The minimum Gasteiger partial charge on any atom is -0.455 e. The SMILES string of the molecule is Cc1ccc(SCC(=O)OCC(=O)Nc2ccc(F)cc2F)c(C)c1. The Kier molecular flexibility index (Phi) is 6.52. The van der Waals surface area contributed by atoms with Gasteiger partial charge in [0, 0.05) is 11.0 Å². The first-order valence-electron chi connectivity index (χ1n) is 7.45. The Balaban J connectivity index is 1.78. The van der Waals surface area contributed by atoms with Gasteiger partial charge in [-0.25, -0.2) is 8.78 Å². The summed E-state index contributed by atoms with van der Waals surface area (Å²) in [5.74, 6) is -2.84. The summed E-state index contributed by atoms with van der Waals surface area (Å²) in [6.45, 7) is 3.40. The Morgan fingerprint density at radius 1 is 1.12 bits per heavy atom. The molecule has 2 rings (SSSR count). The molecule has 2 aromatic carbocycles. The third-order valence-corrected chi connectivity index (χ3v) is 4.39. The number of halogens is 2. The van der Waals surface area contributed by atoms with Gasteiger partial charge in [0.25, 0.3) is 5.91 Å². The highest BCUT2D eigenvalue weighted by Gasteiger charge is 2.11. The molecule has 0 aliphatic heterocycles. The summed E-state index contributed by atoms with van der Waals surface area (Å²) in [5, 5.41) is 2.22. The molecule has 0 aromatic heterocycles. The van der Waals surface area contributed by atoms with Gasteiger partial charge in [0.1, 0.15) is 11.6 Å². The predicted octanol–water partition coefficient (Wildman–Crippen LogP) is 3.86. The number of anilines is 1. The van der Waals surface area contributed by atoms with Crippen molar-refractivity contribution in [3.05, 3.63) is 59.2 Å². The average Bonchev–Trinajstić information content (AvgIpc) is 2.55. The number of amides is 1. The van der Waals surface area contributed by atoms with E-state index in [-0.39, 0.29) is 11.4 Å². The van der Waals surface area contributed by atoms with Gasteiger partial charge in [-0.2, -0.15) is 0 Å². The molecule has 2 aromatic rings. The minimum atomic E-state index is -0.898. The maximum Gasteiger partial charge on any atom is 0.316 e. The van der Waals surface area contributed by atoms with E-state index in [1.165, 1.54) is 11.8 Å². The van der Waals surface area contributed by atoms with E-state index in [2.05, 4.69) is 5.32 Å². The van der Waals surface area contributed by atoms with Crippen LogP contribution in [0.25, 0.3) is 0 Å². The standard InChI is InChI=1S/C18H17F2NO3S/c1-11-3-6-16(12(2)7-11)25-10-18(23)24-9-17(22)21-15-5-4-13(19)8-14(15)20/h3-8H,9-10H2,1-2H3,(H,21,22). The molecule has 0 spiro atoms. The van der Waals surface area contributed by atoms with E-state index in [0.717, 1.165) is 28.2 Å². The molecule has 0 aliphatic carbocycles. The van der Waals surface area contributed by atoms with Gasteiger partial charge in [-0.3, -0.25) is 9.59 Å². The molecule has 0 bridgehead atoms. The van der Waals surface area contributed by atoms with Crippen molar-refractivity contribution in [3.63, 3.8) is 0 Å². The molecule has 0 saturated carbocycles. The monoisotopic (exact) mass is 365 g/mol. The van der Waals surface area contributed by atoms with Crippen LogP contribution in [0.1, 0.15) is 11.1 Å². The van der Waals surface area contributed by atoms with Crippen LogP contribution in [0.5, 0.6) is 0 Å². The van der Waals surface area contributed by atoms with E-state index >= 15 is 0 Å². The summed E-state index contributed by atoms with van der Waals surface area (Å²) in [6, 6.07) is 8.66. The molecule has 0 radical (unpaired) electrons. The van der Waals surface area contributed by atoms with Crippen LogP contribution in [0.3, 0.4) is 0 Å². The van der Waals surface area contributed by atoms with Crippen LogP contribution < -0.4 is 5.32 Å². The molecule has 0 atom stereocenters. The van der Waals surface area contributed by atoms with Gasteiger partial charge >= 0.3 is 5.97 Å². The number of rotatable bonds is 6. The fourth-order valence-corrected chi connectivity index (χ4v) is 2.87. The number of esters is 1. The highest BCUT2D eigenvalue weighted by Crippen LogP contribution is 2.23. The molecular formula is C18H17F2NO3S. The summed E-state index contributed by atoms with van der Waals surface area (Å²) >= 11 is 1.32. The predicted molar refractivity (Wildman–Crippen MR) is 92.6 cm³/mol. The number of carbonyl (C=O) groups excluding carboxylic acids is 2. The first-order chi connectivity index (χ1) is 11.8. The number of thioether (sulfide) groups is 1. The average molecular weight is 365 g/mol. The third kappa shape index (κ3) is 5.86. The second-order valence-corrected chi connectivity index (χ2v) is 6.41. The van der Waals surface area contributed by atoms with Crippen molar-refractivity contribution >= 4 is 29.3 Å². The highest BCUT2D eigenvalue weighted by molar-refractivity contribution is 8.00. The molecule has 0 aliphatic rings. The van der Waals surface area contributed by atoms with Crippen LogP contribution in [0.2, 0.25) is 0 Å². The van der Waals surface area contributed by atoms with Crippen LogP contribution in [0.15, 0.2) is 41.3 Å². The lowest BCUT2D eigenvalue weighted by Gasteiger charge is -2.08. The van der Waals surface area contributed by atoms with E-state index in [1.807, 2.05) is 32.0 Å². The molecule has 4 nitrogen and oxygen atoms in total. The lowest BCUT2D eigenvalue weighted by Crippen LogP contribution is -2.22. The van der Waals surface area contributed by atoms with Gasteiger partial charge in [0.2, 0.25) is 0 Å². The van der Waals surface area contributed by atoms with Gasteiger partial charge in [0.15, 0.2) is 6.61 Å². The number of hydrogen-bond donors (Lipinski definition) is 1. The molecule has 0 unspecified atom stereocenters. The number of benzene rings is 2. The van der Waals surface area contributed by atoms with Gasteiger partial charge in [0.05, 0.1) is 11.4 Å². The number of carbonyl (C=O) groups is 2. The molecule has 1 N–H and O–H groups in total. The van der Waals surface area contributed by atoms with Gasteiger partial charge in [-0.1, -0.05) is 17.7 Å². The van der Waals surface area contributed by atoms with Crippen molar-refractivity contribution < 1.29 is 23.1 Å². The van der Waals surface area contributed by atoms with E-state index in [9.17, 15) is 18.4 Å². The van der Waals surface area contributed by atoms with Crippen molar-refractivity contribution in [1.29, 1.82) is 0 Å². The first kappa shape index (κ1) is 18.9. The van der Waals surface area contributed by atoms with Gasteiger partial charge in [-0.05, 0) is 37.6 Å².